The highest BCUT2D eigenvalue weighted by atomic mass is 32.2. The van der Waals surface area contributed by atoms with Gasteiger partial charge in [-0.15, -0.1) is 0 Å². The van der Waals surface area contributed by atoms with Crippen LogP contribution in [0.5, 0.6) is 0 Å². The van der Waals surface area contributed by atoms with Crippen LogP contribution in [0.2, 0.25) is 0 Å². The van der Waals surface area contributed by atoms with Gasteiger partial charge in [0.05, 0.1) is 33.5 Å². The number of aromatic amines is 1. The second-order valence-electron chi connectivity index (χ2n) is 4.82. The van der Waals surface area contributed by atoms with Crippen molar-refractivity contribution in [3.8, 4) is 0 Å². The van der Waals surface area contributed by atoms with Crippen LogP contribution in [0.4, 0.5) is 5.69 Å². The van der Waals surface area contributed by atoms with E-state index in [0.29, 0.717) is 17.5 Å². The Balaban J connectivity index is 2.19. The number of imidazole rings is 1. The Hall–Kier alpha value is -2.16. The largest absolute Gasteiger partial charge is 0.326 e. The average Bonchev–Trinajstić information content (AvgIpc) is 2.86. The van der Waals surface area contributed by atoms with Crippen molar-refractivity contribution in [3.63, 3.8) is 0 Å². The molecule has 0 saturated carbocycles. The van der Waals surface area contributed by atoms with Gasteiger partial charge in [-0.1, -0.05) is 0 Å². The first-order valence-corrected chi connectivity index (χ1v) is 7.78. The summed E-state index contributed by atoms with van der Waals surface area (Å²) < 4.78 is 24.4. The number of benzene rings is 1. The molecule has 2 aromatic rings. The molecule has 106 valence electrons. The van der Waals surface area contributed by atoms with Crippen LogP contribution in [0.15, 0.2) is 23.0 Å². The molecule has 1 saturated heterocycles. The number of hydrogen-bond donors (Lipinski definition) is 1. The van der Waals surface area contributed by atoms with Gasteiger partial charge in [0.2, 0.25) is 0 Å². The summed E-state index contributed by atoms with van der Waals surface area (Å²) in [5.74, 6) is -0.0751. The van der Waals surface area contributed by atoms with E-state index in [1.54, 1.807) is 0 Å². The van der Waals surface area contributed by atoms with Crippen molar-refractivity contribution >= 4 is 26.6 Å². The molecule has 0 amide bonds. The Bertz CT molecular complexity index is 864. The lowest BCUT2D eigenvalue weighted by Crippen LogP contribution is -2.23. The maximum Gasteiger partial charge on any atom is 0.326 e. The molecule has 2 heterocycles. The van der Waals surface area contributed by atoms with Crippen LogP contribution in [0.3, 0.4) is 0 Å². The monoisotopic (exact) mass is 297 g/mol. The second kappa shape index (κ2) is 4.17. The van der Waals surface area contributed by atoms with Gasteiger partial charge >= 0.3 is 5.69 Å². The fourth-order valence-corrected chi connectivity index (χ4v) is 4.26. The number of nitrogens with zero attached hydrogens (tertiary/aromatic N) is 2. The molecule has 20 heavy (non-hydrogen) atoms. The number of hydrogen-bond acceptors (Lipinski definition) is 5. The molecular formula is C11H11N3O5S. The van der Waals surface area contributed by atoms with Crippen molar-refractivity contribution in [1.82, 2.24) is 9.55 Å². The molecule has 0 bridgehead atoms. The number of nitrogens with one attached hydrogen (secondary N) is 1. The van der Waals surface area contributed by atoms with E-state index in [2.05, 4.69) is 4.98 Å². The van der Waals surface area contributed by atoms with Crippen molar-refractivity contribution < 1.29 is 13.3 Å². The third kappa shape index (κ3) is 1.99. The Kier molecular flexibility index (Phi) is 2.68. The number of non-ortho nitro benzene ring substituents is 1. The first-order valence-electron chi connectivity index (χ1n) is 5.96. The molecule has 0 aliphatic carbocycles. The summed E-state index contributed by atoms with van der Waals surface area (Å²) in [6.07, 6.45) is 0.345. The molecule has 1 N–H and O–H groups in total. The van der Waals surface area contributed by atoms with E-state index in [1.165, 1.54) is 22.8 Å². The molecule has 1 aliphatic heterocycles. The van der Waals surface area contributed by atoms with E-state index in [4.69, 9.17) is 0 Å². The van der Waals surface area contributed by atoms with Crippen LogP contribution in [0.25, 0.3) is 11.0 Å². The van der Waals surface area contributed by atoms with Gasteiger partial charge in [0.15, 0.2) is 9.84 Å². The van der Waals surface area contributed by atoms with E-state index in [-0.39, 0.29) is 17.2 Å². The maximum atomic E-state index is 12.0. The molecule has 1 aromatic carbocycles. The molecule has 8 nitrogen and oxygen atoms in total. The van der Waals surface area contributed by atoms with E-state index in [0.717, 1.165) is 0 Å². The standard InChI is InChI=1S/C11H11N3O5S/c15-11-12-9-2-1-7(14(16)17)5-10(9)13(11)8-3-4-20(18,19)6-8/h1-2,5,8H,3-4,6H2,(H,12,15)/t8-/m1/s1. The molecule has 9 heteroatoms. The van der Waals surface area contributed by atoms with Crippen molar-refractivity contribution in [2.45, 2.75) is 12.5 Å². The fourth-order valence-electron chi connectivity index (χ4n) is 2.56. The predicted octanol–water partition coefficient (Wildman–Crippen LogP) is 0.597. The quantitative estimate of drug-likeness (QED) is 0.643. The zero-order valence-electron chi connectivity index (χ0n) is 10.3. The minimum atomic E-state index is -3.14. The minimum absolute atomic E-state index is 0.0334. The summed E-state index contributed by atoms with van der Waals surface area (Å²) >= 11 is 0. The number of aromatic nitrogens is 2. The zero-order chi connectivity index (χ0) is 14.5. The molecule has 0 radical (unpaired) electrons. The highest BCUT2D eigenvalue weighted by Gasteiger charge is 2.31. The number of sulfone groups is 1. The number of nitro groups is 1. The molecule has 0 spiro atoms. The van der Waals surface area contributed by atoms with Gasteiger partial charge in [-0.25, -0.2) is 13.2 Å². The van der Waals surface area contributed by atoms with Crippen molar-refractivity contribution in [3.05, 3.63) is 38.8 Å². The van der Waals surface area contributed by atoms with Crippen LogP contribution in [-0.4, -0.2) is 34.4 Å². The highest BCUT2D eigenvalue weighted by Crippen LogP contribution is 2.27. The number of nitro benzene ring substituents is 1. The van der Waals surface area contributed by atoms with Crippen LogP contribution in [-0.2, 0) is 9.84 Å². The van der Waals surface area contributed by atoms with Crippen LogP contribution in [0.1, 0.15) is 12.5 Å². The average molecular weight is 297 g/mol. The number of fused-ring (bicyclic) bond motifs is 1. The fraction of sp³-hybridized carbons (Fsp3) is 0.364. The van der Waals surface area contributed by atoms with E-state index in [9.17, 15) is 23.3 Å². The van der Waals surface area contributed by atoms with Gasteiger partial charge in [0.1, 0.15) is 0 Å². The first-order chi connectivity index (χ1) is 9.37. The Morgan fingerprint density at radius 2 is 2.15 bits per heavy atom. The highest BCUT2D eigenvalue weighted by molar-refractivity contribution is 7.91. The molecule has 1 aliphatic rings. The first kappa shape index (κ1) is 12.9. The Morgan fingerprint density at radius 3 is 2.75 bits per heavy atom. The Labute approximate surface area is 113 Å². The van der Waals surface area contributed by atoms with Gasteiger partial charge < -0.3 is 4.98 Å². The summed E-state index contributed by atoms with van der Waals surface area (Å²) in [6.45, 7) is 0. The third-order valence-corrected chi connectivity index (χ3v) is 5.24. The van der Waals surface area contributed by atoms with Gasteiger partial charge in [-0.2, -0.15) is 0 Å². The summed E-state index contributed by atoms with van der Waals surface area (Å²) in [5.41, 5.74) is 0.255. The molecule has 1 aromatic heterocycles. The predicted molar refractivity (Wildman–Crippen MR) is 71.5 cm³/mol. The van der Waals surface area contributed by atoms with E-state index >= 15 is 0 Å². The summed E-state index contributed by atoms with van der Waals surface area (Å²) in [7, 11) is -3.14. The summed E-state index contributed by atoms with van der Waals surface area (Å²) in [5, 5.41) is 10.8. The molecule has 3 rings (SSSR count). The lowest BCUT2D eigenvalue weighted by atomic mass is 10.2. The molecular weight excluding hydrogens is 286 g/mol. The minimum Gasteiger partial charge on any atom is -0.306 e. The lowest BCUT2D eigenvalue weighted by molar-refractivity contribution is -0.384. The van der Waals surface area contributed by atoms with Gasteiger partial charge in [0, 0.05) is 12.1 Å². The van der Waals surface area contributed by atoms with Crippen LogP contribution in [0, 0.1) is 10.1 Å². The molecule has 1 atom stereocenters. The zero-order valence-corrected chi connectivity index (χ0v) is 11.1. The topological polar surface area (TPSA) is 115 Å². The number of rotatable bonds is 2. The normalized spacial score (nSPS) is 21.3. The van der Waals surface area contributed by atoms with Gasteiger partial charge in [0.25, 0.3) is 5.69 Å². The van der Waals surface area contributed by atoms with Gasteiger partial charge in [-0.3, -0.25) is 14.7 Å². The Morgan fingerprint density at radius 1 is 1.40 bits per heavy atom. The van der Waals surface area contributed by atoms with Crippen LogP contribution < -0.4 is 5.69 Å². The smallest absolute Gasteiger partial charge is 0.306 e. The van der Waals surface area contributed by atoms with E-state index in [1.807, 2.05) is 0 Å². The van der Waals surface area contributed by atoms with Crippen molar-refractivity contribution in [2.24, 2.45) is 0 Å². The third-order valence-electron chi connectivity index (χ3n) is 3.49. The second-order valence-corrected chi connectivity index (χ2v) is 7.04. The summed E-state index contributed by atoms with van der Waals surface area (Å²) in [6, 6.07) is 3.57. The van der Waals surface area contributed by atoms with Gasteiger partial charge in [-0.05, 0) is 12.5 Å². The number of H-pyrrole nitrogens is 1. The SMILES string of the molecule is O=c1[nH]c2ccc([N+](=O)[O-])cc2n1[C@@H]1CCS(=O)(=O)C1. The molecule has 0 unspecified atom stereocenters. The van der Waals surface area contributed by atoms with E-state index < -0.39 is 26.5 Å². The maximum absolute atomic E-state index is 12.0. The van der Waals surface area contributed by atoms with Crippen LogP contribution >= 0.6 is 0 Å². The van der Waals surface area contributed by atoms with Crippen molar-refractivity contribution in [2.75, 3.05) is 11.5 Å². The summed E-state index contributed by atoms with van der Waals surface area (Å²) in [4.78, 5) is 24.8. The van der Waals surface area contributed by atoms with Crippen molar-refractivity contribution in [1.29, 1.82) is 0 Å². The molecule has 1 fully saturated rings. The lowest BCUT2D eigenvalue weighted by Gasteiger charge is -2.09.